The maximum Gasteiger partial charge on any atom is 0.0596 e. The quantitative estimate of drug-likeness (QED) is 0.856. The summed E-state index contributed by atoms with van der Waals surface area (Å²) in [7, 11) is 0. The summed E-state index contributed by atoms with van der Waals surface area (Å²) in [4.78, 5) is 0. The minimum Gasteiger partial charge on any atom is -0.316 e. The second-order valence-electron chi connectivity index (χ2n) is 7.52. The zero-order valence-electron chi connectivity index (χ0n) is 14.4. The number of aromatic nitrogens is 2. The Bertz CT molecular complexity index is 800. The van der Waals surface area contributed by atoms with Crippen LogP contribution in [0.3, 0.4) is 0 Å². The zero-order chi connectivity index (χ0) is 17.1. The number of hydrogen-bond donors (Lipinski definition) is 1. The molecule has 3 atom stereocenters. The van der Waals surface area contributed by atoms with Crippen LogP contribution in [-0.2, 0) is 5.41 Å². The van der Waals surface area contributed by atoms with E-state index in [1.165, 1.54) is 17.7 Å². The molecule has 24 heavy (non-hydrogen) atoms. The molecule has 1 aromatic carbocycles. The molecule has 1 N–H and O–H groups in total. The molecule has 0 bridgehead atoms. The van der Waals surface area contributed by atoms with Crippen LogP contribution in [0.15, 0.2) is 24.3 Å². The van der Waals surface area contributed by atoms with Gasteiger partial charge >= 0.3 is 0 Å². The number of aryl methyl sites for hydroxylation is 2. The molecular weight excluding hydrogens is 341 g/mol. The van der Waals surface area contributed by atoms with Crippen LogP contribution in [-0.4, -0.2) is 22.9 Å². The Morgan fingerprint density at radius 3 is 2.67 bits per heavy atom. The summed E-state index contributed by atoms with van der Waals surface area (Å²) >= 11 is 12.5. The Labute approximate surface area is 153 Å². The van der Waals surface area contributed by atoms with Gasteiger partial charge in [-0.15, -0.1) is 0 Å². The van der Waals surface area contributed by atoms with Crippen molar-refractivity contribution >= 4 is 23.2 Å². The van der Waals surface area contributed by atoms with Crippen LogP contribution < -0.4 is 5.32 Å². The molecule has 2 heterocycles. The molecule has 1 aliphatic carbocycles. The second kappa shape index (κ2) is 5.48. The molecule has 128 valence electrons. The highest BCUT2D eigenvalue weighted by molar-refractivity contribution is 6.42. The molecule has 3 nitrogen and oxygen atoms in total. The van der Waals surface area contributed by atoms with E-state index in [2.05, 4.69) is 49.0 Å². The van der Waals surface area contributed by atoms with E-state index >= 15 is 0 Å². The lowest BCUT2D eigenvalue weighted by Gasteiger charge is -2.36. The van der Waals surface area contributed by atoms with Crippen molar-refractivity contribution in [1.29, 1.82) is 0 Å². The molecule has 4 rings (SSSR count). The topological polar surface area (TPSA) is 29.9 Å². The molecule has 2 fully saturated rings. The van der Waals surface area contributed by atoms with Crippen molar-refractivity contribution in [2.75, 3.05) is 13.1 Å². The molecule has 2 unspecified atom stereocenters. The van der Waals surface area contributed by atoms with Crippen molar-refractivity contribution in [2.24, 2.45) is 5.41 Å². The fourth-order valence-electron chi connectivity index (χ4n) is 4.97. The molecular formula is C19H23Cl2N3. The fourth-order valence-corrected chi connectivity index (χ4v) is 5.27. The third kappa shape index (κ3) is 2.18. The highest BCUT2D eigenvalue weighted by atomic mass is 35.5. The smallest absolute Gasteiger partial charge is 0.0596 e. The first kappa shape index (κ1) is 16.4. The van der Waals surface area contributed by atoms with E-state index in [-0.39, 0.29) is 10.8 Å². The van der Waals surface area contributed by atoms with Gasteiger partial charge < -0.3 is 5.32 Å². The largest absolute Gasteiger partial charge is 0.316 e. The second-order valence-corrected chi connectivity index (χ2v) is 8.33. The summed E-state index contributed by atoms with van der Waals surface area (Å²) < 4.78 is 2.21. The van der Waals surface area contributed by atoms with Crippen LogP contribution in [0.5, 0.6) is 0 Å². The highest BCUT2D eigenvalue weighted by Gasteiger charge is 2.71. The average molecular weight is 364 g/mol. The summed E-state index contributed by atoms with van der Waals surface area (Å²) in [6.07, 6.45) is 2.30. The summed E-state index contributed by atoms with van der Waals surface area (Å²) in [5.41, 5.74) is 4.01. The number of benzene rings is 1. The maximum atomic E-state index is 6.32. The van der Waals surface area contributed by atoms with Crippen LogP contribution in [0.2, 0.25) is 10.0 Å². The van der Waals surface area contributed by atoms with Gasteiger partial charge in [-0.1, -0.05) is 29.3 Å². The Morgan fingerprint density at radius 1 is 1.21 bits per heavy atom. The Hall–Kier alpha value is -1.03. The fraction of sp³-hybridized carbons (Fsp3) is 0.526. The predicted octanol–water partition coefficient (Wildman–Crippen LogP) is 4.69. The Balaban J connectivity index is 1.76. The molecule has 0 radical (unpaired) electrons. The van der Waals surface area contributed by atoms with Crippen LogP contribution in [0.25, 0.3) is 0 Å². The van der Waals surface area contributed by atoms with Gasteiger partial charge in [-0.2, -0.15) is 5.10 Å². The Morgan fingerprint density at radius 2 is 2.00 bits per heavy atom. The molecule has 0 spiro atoms. The molecule has 0 amide bonds. The van der Waals surface area contributed by atoms with Crippen LogP contribution >= 0.6 is 23.2 Å². The third-order valence-electron chi connectivity index (χ3n) is 6.30. The lowest BCUT2D eigenvalue weighted by Crippen LogP contribution is -2.42. The zero-order valence-corrected chi connectivity index (χ0v) is 15.9. The van der Waals surface area contributed by atoms with Crippen molar-refractivity contribution in [2.45, 2.75) is 45.1 Å². The van der Waals surface area contributed by atoms with Crippen molar-refractivity contribution in [3.63, 3.8) is 0 Å². The van der Waals surface area contributed by atoms with Gasteiger partial charge in [-0.25, -0.2) is 0 Å². The van der Waals surface area contributed by atoms with E-state index < -0.39 is 0 Å². The summed E-state index contributed by atoms with van der Waals surface area (Å²) in [6.45, 7) is 8.59. The number of piperidine rings is 1. The highest BCUT2D eigenvalue weighted by Crippen LogP contribution is 2.72. The van der Waals surface area contributed by atoms with E-state index in [4.69, 9.17) is 28.3 Å². The standard InChI is InChI=1S/C19H23Cl2N3/c1-12-8-13(2)24(23-12)14(3)19-10-18(19,6-7-22-11-19)15-4-5-16(20)17(21)9-15/h4-5,8-9,14,22H,6-7,10-11H2,1-3H3/t14?,18-,19?/m1/s1. The number of fused-ring (bicyclic) bond motifs is 1. The Kier molecular flexibility index (Phi) is 3.76. The predicted molar refractivity (Wildman–Crippen MR) is 99.1 cm³/mol. The normalized spacial score (nSPS) is 30.0. The SMILES string of the molecule is Cc1cc(C)n(C(C)C23CNCC[C@]2(c2ccc(Cl)c(Cl)c2)C3)n1. The number of rotatable bonds is 3. The first-order valence-electron chi connectivity index (χ1n) is 8.59. The first-order chi connectivity index (χ1) is 11.4. The summed E-state index contributed by atoms with van der Waals surface area (Å²) in [5, 5.41) is 9.65. The van der Waals surface area contributed by atoms with Crippen molar-refractivity contribution in [3.8, 4) is 0 Å². The molecule has 1 saturated carbocycles. The van der Waals surface area contributed by atoms with E-state index in [0.29, 0.717) is 16.1 Å². The maximum absolute atomic E-state index is 6.32. The van der Waals surface area contributed by atoms with Gasteiger partial charge in [0, 0.05) is 23.1 Å². The van der Waals surface area contributed by atoms with Crippen molar-refractivity contribution in [1.82, 2.24) is 15.1 Å². The first-order valence-corrected chi connectivity index (χ1v) is 9.34. The molecule has 1 saturated heterocycles. The van der Waals surface area contributed by atoms with Gasteiger partial charge in [0.25, 0.3) is 0 Å². The van der Waals surface area contributed by atoms with Gasteiger partial charge in [0.1, 0.15) is 0 Å². The average Bonchev–Trinajstić information content (AvgIpc) is 3.16. The minimum absolute atomic E-state index is 0.179. The summed E-state index contributed by atoms with van der Waals surface area (Å²) in [6, 6.07) is 8.67. The minimum atomic E-state index is 0.179. The van der Waals surface area contributed by atoms with Crippen LogP contribution in [0.1, 0.15) is 42.8 Å². The van der Waals surface area contributed by atoms with Crippen molar-refractivity contribution in [3.05, 3.63) is 51.3 Å². The van der Waals surface area contributed by atoms with E-state index in [1.807, 2.05) is 6.07 Å². The van der Waals surface area contributed by atoms with Gasteiger partial charge in [0.05, 0.1) is 21.8 Å². The number of halogens is 2. The molecule has 5 heteroatoms. The van der Waals surface area contributed by atoms with Gasteiger partial charge in [-0.3, -0.25) is 4.68 Å². The van der Waals surface area contributed by atoms with E-state index in [0.717, 1.165) is 25.2 Å². The van der Waals surface area contributed by atoms with Crippen LogP contribution in [0, 0.1) is 19.3 Å². The van der Waals surface area contributed by atoms with E-state index in [1.54, 1.807) is 0 Å². The van der Waals surface area contributed by atoms with Gasteiger partial charge in [-0.05, 0) is 63.9 Å². The lowest BCUT2D eigenvalue weighted by molar-refractivity contribution is 0.217. The molecule has 1 aliphatic heterocycles. The van der Waals surface area contributed by atoms with Gasteiger partial charge in [0.15, 0.2) is 0 Å². The molecule has 1 aromatic heterocycles. The van der Waals surface area contributed by atoms with Crippen LogP contribution in [0.4, 0.5) is 0 Å². The van der Waals surface area contributed by atoms with Gasteiger partial charge in [0.2, 0.25) is 0 Å². The monoisotopic (exact) mass is 363 g/mol. The molecule has 2 aliphatic rings. The van der Waals surface area contributed by atoms with E-state index in [9.17, 15) is 0 Å². The van der Waals surface area contributed by atoms with Crippen molar-refractivity contribution < 1.29 is 0 Å². The lowest BCUT2D eigenvalue weighted by atomic mass is 9.77. The number of nitrogens with one attached hydrogen (secondary N) is 1. The molecule has 2 aromatic rings. The number of nitrogens with zero attached hydrogens (tertiary/aromatic N) is 2. The number of hydrogen-bond acceptors (Lipinski definition) is 2. The summed E-state index contributed by atoms with van der Waals surface area (Å²) in [5.74, 6) is 0. The third-order valence-corrected chi connectivity index (χ3v) is 7.04.